The zero-order valence-corrected chi connectivity index (χ0v) is 9.83. The average molecular weight is 249 g/mol. The number of aliphatic hydroxyl groups excluding tert-OH is 1. The van der Waals surface area contributed by atoms with Crippen LogP contribution >= 0.6 is 0 Å². The number of hydrogen-bond donors (Lipinski definition) is 2. The van der Waals surface area contributed by atoms with Gasteiger partial charge >= 0.3 is 0 Å². The Hall–Kier alpha value is -2.01. The topological polar surface area (TPSA) is 75.6 Å². The molecule has 2 aromatic rings. The predicted molar refractivity (Wildman–Crippen MR) is 63.7 cm³/mol. The van der Waals surface area contributed by atoms with Gasteiger partial charge in [-0.3, -0.25) is 4.79 Å². The summed E-state index contributed by atoms with van der Waals surface area (Å²) in [6.07, 6.45) is 3.13. The predicted octanol–water partition coefficient (Wildman–Crippen LogP) is 1.66. The Morgan fingerprint density at radius 2 is 2.06 bits per heavy atom. The molecule has 0 aromatic carbocycles. The zero-order valence-electron chi connectivity index (χ0n) is 9.83. The Morgan fingerprint density at radius 3 is 2.72 bits per heavy atom. The van der Waals surface area contributed by atoms with E-state index in [0.717, 1.165) is 5.76 Å². The van der Waals surface area contributed by atoms with Crippen LogP contribution in [0, 0.1) is 0 Å². The van der Waals surface area contributed by atoms with Crippen LogP contribution in [-0.2, 0) is 11.2 Å². The van der Waals surface area contributed by atoms with E-state index in [1.54, 1.807) is 24.5 Å². The third-order valence-corrected chi connectivity index (χ3v) is 2.54. The molecule has 1 unspecified atom stereocenters. The minimum absolute atomic E-state index is 0.128. The molecule has 5 heteroatoms. The Morgan fingerprint density at radius 1 is 1.28 bits per heavy atom. The first-order valence-corrected chi connectivity index (χ1v) is 5.76. The van der Waals surface area contributed by atoms with E-state index in [9.17, 15) is 9.90 Å². The molecule has 0 saturated heterocycles. The van der Waals surface area contributed by atoms with Crippen molar-refractivity contribution in [3.63, 3.8) is 0 Å². The first kappa shape index (κ1) is 12.4. The highest BCUT2D eigenvalue weighted by atomic mass is 16.4. The SMILES string of the molecule is O=C(CCc1ccco1)NCC(O)c1ccco1. The van der Waals surface area contributed by atoms with E-state index < -0.39 is 6.10 Å². The molecular weight excluding hydrogens is 234 g/mol. The van der Waals surface area contributed by atoms with E-state index in [-0.39, 0.29) is 12.5 Å². The van der Waals surface area contributed by atoms with Gasteiger partial charge in [0.15, 0.2) is 0 Å². The monoisotopic (exact) mass is 249 g/mol. The lowest BCUT2D eigenvalue weighted by atomic mass is 10.2. The van der Waals surface area contributed by atoms with Crippen LogP contribution in [0.15, 0.2) is 45.6 Å². The molecule has 1 amide bonds. The molecule has 2 rings (SSSR count). The van der Waals surface area contributed by atoms with Crippen LogP contribution in [0.3, 0.4) is 0 Å². The second-order valence-corrected chi connectivity index (χ2v) is 3.91. The number of rotatable bonds is 6. The molecule has 96 valence electrons. The summed E-state index contributed by atoms with van der Waals surface area (Å²) in [6.45, 7) is 0.143. The largest absolute Gasteiger partial charge is 0.469 e. The number of aryl methyl sites for hydroxylation is 1. The van der Waals surface area contributed by atoms with Gasteiger partial charge < -0.3 is 19.3 Å². The fourth-order valence-electron chi connectivity index (χ4n) is 1.57. The van der Waals surface area contributed by atoms with Crippen molar-refractivity contribution in [2.45, 2.75) is 18.9 Å². The summed E-state index contributed by atoms with van der Waals surface area (Å²) in [5.74, 6) is 1.09. The highest BCUT2D eigenvalue weighted by molar-refractivity contribution is 5.76. The lowest BCUT2D eigenvalue weighted by Crippen LogP contribution is -2.28. The normalized spacial score (nSPS) is 12.3. The van der Waals surface area contributed by atoms with Crippen LogP contribution < -0.4 is 5.32 Å². The van der Waals surface area contributed by atoms with Crippen LogP contribution in [-0.4, -0.2) is 17.6 Å². The lowest BCUT2D eigenvalue weighted by molar-refractivity contribution is -0.121. The van der Waals surface area contributed by atoms with Crippen LogP contribution in [0.4, 0.5) is 0 Å². The minimum Gasteiger partial charge on any atom is -0.469 e. The highest BCUT2D eigenvalue weighted by Crippen LogP contribution is 2.11. The van der Waals surface area contributed by atoms with Gasteiger partial charge in [-0.25, -0.2) is 0 Å². The highest BCUT2D eigenvalue weighted by Gasteiger charge is 2.11. The third kappa shape index (κ3) is 3.49. The lowest BCUT2D eigenvalue weighted by Gasteiger charge is -2.09. The zero-order chi connectivity index (χ0) is 12.8. The van der Waals surface area contributed by atoms with Gasteiger partial charge in [-0.05, 0) is 24.3 Å². The van der Waals surface area contributed by atoms with Crippen molar-refractivity contribution < 1.29 is 18.7 Å². The first-order chi connectivity index (χ1) is 8.75. The number of carbonyl (C=O) groups excluding carboxylic acids is 1. The van der Waals surface area contributed by atoms with E-state index >= 15 is 0 Å². The molecule has 0 aliphatic rings. The molecule has 5 nitrogen and oxygen atoms in total. The molecule has 18 heavy (non-hydrogen) atoms. The van der Waals surface area contributed by atoms with Crippen molar-refractivity contribution in [1.29, 1.82) is 0 Å². The van der Waals surface area contributed by atoms with Crippen molar-refractivity contribution in [2.24, 2.45) is 0 Å². The van der Waals surface area contributed by atoms with E-state index in [4.69, 9.17) is 8.83 Å². The van der Waals surface area contributed by atoms with Crippen molar-refractivity contribution in [2.75, 3.05) is 6.54 Å². The first-order valence-electron chi connectivity index (χ1n) is 5.76. The molecule has 0 aliphatic heterocycles. The summed E-state index contributed by atoms with van der Waals surface area (Å²) < 4.78 is 10.2. The van der Waals surface area contributed by atoms with Gasteiger partial charge in [0.2, 0.25) is 5.91 Å². The summed E-state index contributed by atoms with van der Waals surface area (Å²) in [5, 5.41) is 12.3. The summed E-state index contributed by atoms with van der Waals surface area (Å²) in [5.41, 5.74) is 0. The molecule has 2 N–H and O–H groups in total. The van der Waals surface area contributed by atoms with Gasteiger partial charge in [0.1, 0.15) is 17.6 Å². The second kappa shape index (κ2) is 6.07. The van der Waals surface area contributed by atoms with Crippen molar-refractivity contribution in [1.82, 2.24) is 5.32 Å². The third-order valence-electron chi connectivity index (χ3n) is 2.54. The maximum Gasteiger partial charge on any atom is 0.220 e. The van der Waals surface area contributed by atoms with Crippen molar-refractivity contribution in [3.8, 4) is 0 Å². The average Bonchev–Trinajstić information content (AvgIpc) is 3.05. The van der Waals surface area contributed by atoms with E-state index in [1.807, 2.05) is 6.07 Å². The fraction of sp³-hybridized carbons (Fsp3) is 0.308. The molecule has 0 bridgehead atoms. The number of carbonyl (C=O) groups is 1. The van der Waals surface area contributed by atoms with Crippen LogP contribution in [0.25, 0.3) is 0 Å². The van der Waals surface area contributed by atoms with Gasteiger partial charge in [0.25, 0.3) is 0 Å². The molecule has 0 radical (unpaired) electrons. The number of furan rings is 2. The molecule has 0 fully saturated rings. The molecule has 0 saturated carbocycles. The van der Waals surface area contributed by atoms with Crippen LogP contribution in [0.1, 0.15) is 24.0 Å². The fourth-order valence-corrected chi connectivity index (χ4v) is 1.57. The Bertz CT molecular complexity index is 461. The van der Waals surface area contributed by atoms with E-state index in [2.05, 4.69) is 5.32 Å². The molecule has 0 spiro atoms. The quantitative estimate of drug-likeness (QED) is 0.816. The van der Waals surface area contributed by atoms with E-state index in [0.29, 0.717) is 18.6 Å². The number of amides is 1. The maximum absolute atomic E-state index is 11.5. The molecular formula is C13H15NO4. The summed E-state index contributed by atoms with van der Waals surface area (Å²) >= 11 is 0. The van der Waals surface area contributed by atoms with Crippen molar-refractivity contribution in [3.05, 3.63) is 48.3 Å². The van der Waals surface area contributed by atoms with Crippen molar-refractivity contribution >= 4 is 5.91 Å². The minimum atomic E-state index is -0.812. The second-order valence-electron chi connectivity index (χ2n) is 3.91. The van der Waals surface area contributed by atoms with Gasteiger partial charge in [0, 0.05) is 12.8 Å². The van der Waals surface area contributed by atoms with Gasteiger partial charge in [-0.2, -0.15) is 0 Å². The number of aliphatic hydroxyl groups is 1. The standard InChI is InChI=1S/C13H15NO4/c15-11(12-4-2-8-18-12)9-14-13(16)6-5-10-3-1-7-17-10/h1-4,7-8,11,15H,5-6,9H2,(H,14,16). The van der Waals surface area contributed by atoms with Gasteiger partial charge in [0.05, 0.1) is 19.1 Å². The molecule has 0 aliphatic carbocycles. The Kier molecular flexibility index (Phi) is 4.20. The number of hydrogen-bond acceptors (Lipinski definition) is 4. The smallest absolute Gasteiger partial charge is 0.220 e. The maximum atomic E-state index is 11.5. The Balaban J connectivity index is 1.68. The summed E-state index contributed by atoms with van der Waals surface area (Å²) in [6, 6.07) is 6.97. The van der Waals surface area contributed by atoms with Crippen LogP contribution in [0.5, 0.6) is 0 Å². The molecule has 2 heterocycles. The number of nitrogens with one attached hydrogen (secondary N) is 1. The van der Waals surface area contributed by atoms with E-state index in [1.165, 1.54) is 6.26 Å². The van der Waals surface area contributed by atoms with Gasteiger partial charge in [-0.1, -0.05) is 0 Å². The Labute approximate surface area is 104 Å². The van der Waals surface area contributed by atoms with Crippen LogP contribution in [0.2, 0.25) is 0 Å². The molecule has 1 atom stereocenters. The molecule has 2 aromatic heterocycles. The summed E-state index contributed by atoms with van der Waals surface area (Å²) in [7, 11) is 0. The van der Waals surface area contributed by atoms with Gasteiger partial charge in [-0.15, -0.1) is 0 Å². The summed E-state index contributed by atoms with van der Waals surface area (Å²) in [4.78, 5) is 11.5.